The van der Waals surface area contributed by atoms with Crippen LogP contribution in [0.15, 0.2) is 18.2 Å². The molecule has 1 rings (SSSR count). The maximum absolute atomic E-state index is 10.8. The minimum Gasteiger partial charge on any atom is -0.478 e. The minimum absolute atomic E-state index is 0.242. The van der Waals surface area contributed by atoms with Crippen LogP contribution in [-0.2, 0) is 4.74 Å². The Labute approximate surface area is 107 Å². The van der Waals surface area contributed by atoms with E-state index < -0.39 is 5.97 Å². The number of benzene rings is 1. The Morgan fingerprint density at radius 1 is 1.39 bits per heavy atom. The van der Waals surface area contributed by atoms with Crippen molar-refractivity contribution >= 4 is 17.3 Å². The molecule has 0 radical (unpaired) electrons. The first-order valence-corrected chi connectivity index (χ1v) is 6.00. The molecule has 0 unspecified atom stereocenters. The number of carboxylic acids is 1. The van der Waals surface area contributed by atoms with Crippen LogP contribution >= 0.6 is 0 Å². The molecule has 100 valence electrons. The highest BCUT2D eigenvalue weighted by atomic mass is 16.5. The number of unbranched alkanes of at least 4 members (excludes halogenated alkanes) is 2. The van der Waals surface area contributed by atoms with Gasteiger partial charge in [-0.1, -0.05) is 0 Å². The Morgan fingerprint density at radius 3 is 2.83 bits per heavy atom. The van der Waals surface area contributed by atoms with E-state index >= 15 is 0 Å². The Balaban J connectivity index is 2.41. The average molecular weight is 252 g/mol. The molecule has 0 aliphatic heterocycles. The van der Waals surface area contributed by atoms with Crippen LogP contribution in [0.3, 0.4) is 0 Å². The summed E-state index contributed by atoms with van der Waals surface area (Å²) in [5, 5.41) is 12.0. The first kappa shape index (κ1) is 14.3. The molecule has 5 heteroatoms. The molecule has 0 aliphatic rings. The number of rotatable bonds is 8. The summed E-state index contributed by atoms with van der Waals surface area (Å²) >= 11 is 0. The number of anilines is 2. The van der Waals surface area contributed by atoms with Gasteiger partial charge in [0.1, 0.15) is 0 Å². The number of carbonyl (C=O) groups is 1. The van der Waals surface area contributed by atoms with Crippen LogP contribution in [0, 0.1) is 0 Å². The predicted octanol–water partition coefficient (Wildman–Crippen LogP) is 2.20. The standard InChI is InChI=1S/C13H20N2O3/c1-18-8-4-2-3-7-15-12-9-10(13(16)17)5-6-11(12)14/h5-6,9,15H,2-4,7-8,14H2,1H3,(H,16,17). The van der Waals surface area contributed by atoms with Crippen molar-refractivity contribution in [3.05, 3.63) is 23.8 Å². The normalized spacial score (nSPS) is 10.3. The maximum Gasteiger partial charge on any atom is 0.335 e. The van der Waals surface area contributed by atoms with E-state index in [0.29, 0.717) is 11.4 Å². The SMILES string of the molecule is COCCCCCNc1cc(C(=O)O)ccc1N. The van der Waals surface area contributed by atoms with E-state index in [2.05, 4.69) is 5.32 Å². The third-order valence-electron chi connectivity index (χ3n) is 2.64. The van der Waals surface area contributed by atoms with E-state index in [1.54, 1.807) is 19.2 Å². The van der Waals surface area contributed by atoms with Crippen LogP contribution in [0.25, 0.3) is 0 Å². The molecule has 0 fully saturated rings. The fourth-order valence-electron chi connectivity index (χ4n) is 1.61. The summed E-state index contributed by atoms with van der Waals surface area (Å²) in [6.07, 6.45) is 3.10. The lowest BCUT2D eigenvalue weighted by Gasteiger charge is -2.10. The van der Waals surface area contributed by atoms with Crippen LogP contribution in [-0.4, -0.2) is 31.3 Å². The van der Waals surface area contributed by atoms with Crippen LogP contribution in [0.4, 0.5) is 11.4 Å². The number of methoxy groups -OCH3 is 1. The number of hydrogen-bond donors (Lipinski definition) is 3. The van der Waals surface area contributed by atoms with Gasteiger partial charge in [-0.05, 0) is 37.5 Å². The topological polar surface area (TPSA) is 84.6 Å². The quantitative estimate of drug-likeness (QED) is 0.488. The zero-order chi connectivity index (χ0) is 13.4. The Morgan fingerprint density at radius 2 is 2.17 bits per heavy atom. The fourth-order valence-corrected chi connectivity index (χ4v) is 1.61. The summed E-state index contributed by atoms with van der Waals surface area (Å²) in [5.41, 5.74) is 7.27. The van der Waals surface area contributed by atoms with Crippen molar-refractivity contribution in [3.8, 4) is 0 Å². The third kappa shape index (κ3) is 4.63. The Hall–Kier alpha value is -1.75. The molecule has 1 aromatic rings. The largest absolute Gasteiger partial charge is 0.478 e. The van der Waals surface area contributed by atoms with E-state index in [9.17, 15) is 4.79 Å². The van der Waals surface area contributed by atoms with Gasteiger partial charge in [0.2, 0.25) is 0 Å². The Bertz CT molecular complexity index is 394. The van der Waals surface area contributed by atoms with E-state index in [-0.39, 0.29) is 5.56 Å². The molecule has 1 aromatic carbocycles. The van der Waals surface area contributed by atoms with Crippen molar-refractivity contribution in [1.82, 2.24) is 0 Å². The van der Waals surface area contributed by atoms with Gasteiger partial charge in [-0.3, -0.25) is 0 Å². The molecule has 0 heterocycles. The van der Waals surface area contributed by atoms with Crippen molar-refractivity contribution in [2.45, 2.75) is 19.3 Å². The molecule has 0 aliphatic carbocycles. The number of nitrogen functional groups attached to an aromatic ring is 1. The van der Waals surface area contributed by atoms with Gasteiger partial charge < -0.3 is 20.9 Å². The molecule has 5 nitrogen and oxygen atoms in total. The fraction of sp³-hybridized carbons (Fsp3) is 0.462. The molecule has 18 heavy (non-hydrogen) atoms. The van der Waals surface area contributed by atoms with E-state index in [0.717, 1.165) is 32.4 Å². The summed E-state index contributed by atoms with van der Waals surface area (Å²) < 4.78 is 4.96. The molecule has 0 saturated carbocycles. The lowest BCUT2D eigenvalue weighted by Crippen LogP contribution is -2.06. The van der Waals surface area contributed by atoms with Crippen molar-refractivity contribution in [3.63, 3.8) is 0 Å². The lowest BCUT2D eigenvalue weighted by molar-refractivity contribution is 0.0697. The smallest absolute Gasteiger partial charge is 0.335 e. The highest BCUT2D eigenvalue weighted by molar-refractivity contribution is 5.90. The molecular formula is C13H20N2O3. The number of nitrogens with two attached hydrogens (primary N) is 1. The second-order valence-electron chi connectivity index (χ2n) is 4.09. The lowest BCUT2D eigenvalue weighted by atomic mass is 10.1. The predicted molar refractivity (Wildman–Crippen MR) is 72.0 cm³/mol. The number of nitrogens with one attached hydrogen (secondary N) is 1. The van der Waals surface area contributed by atoms with Gasteiger partial charge in [-0.25, -0.2) is 4.79 Å². The summed E-state index contributed by atoms with van der Waals surface area (Å²) in [7, 11) is 1.69. The zero-order valence-corrected chi connectivity index (χ0v) is 10.6. The molecule has 4 N–H and O–H groups in total. The van der Waals surface area contributed by atoms with Crippen molar-refractivity contribution in [2.75, 3.05) is 31.3 Å². The van der Waals surface area contributed by atoms with E-state index in [1.807, 2.05) is 0 Å². The molecule has 0 bridgehead atoms. The molecule has 0 spiro atoms. The third-order valence-corrected chi connectivity index (χ3v) is 2.64. The van der Waals surface area contributed by atoms with Crippen LogP contribution in [0.1, 0.15) is 29.6 Å². The number of aromatic carboxylic acids is 1. The maximum atomic E-state index is 10.8. The highest BCUT2D eigenvalue weighted by Crippen LogP contribution is 2.20. The van der Waals surface area contributed by atoms with Gasteiger partial charge in [-0.2, -0.15) is 0 Å². The van der Waals surface area contributed by atoms with Gasteiger partial charge in [0, 0.05) is 20.3 Å². The highest BCUT2D eigenvalue weighted by Gasteiger charge is 2.05. The van der Waals surface area contributed by atoms with Crippen LogP contribution in [0.2, 0.25) is 0 Å². The van der Waals surface area contributed by atoms with Crippen molar-refractivity contribution in [2.24, 2.45) is 0 Å². The molecule has 0 aromatic heterocycles. The molecule has 0 atom stereocenters. The second-order valence-corrected chi connectivity index (χ2v) is 4.09. The number of hydrogen-bond acceptors (Lipinski definition) is 4. The zero-order valence-electron chi connectivity index (χ0n) is 10.6. The Kier molecular flexibility index (Phi) is 6.00. The molecule has 0 saturated heterocycles. The first-order chi connectivity index (χ1) is 8.65. The first-order valence-electron chi connectivity index (χ1n) is 6.00. The molecular weight excluding hydrogens is 232 g/mol. The van der Waals surface area contributed by atoms with Gasteiger partial charge in [0.25, 0.3) is 0 Å². The summed E-state index contributed by atoms with van der Waals surface area (Å²) in [5.74, 6) is -0.946. The van der Waals surface area contributed by atoms with E-state index in [4.69, 9.17) is 15.6 Å². The number of ether oxygens (including phenoxy) is 1. The van der Waals surface area contributed by atoms with Gasteiger partial charge in [0.15, 0.2) is 0 Å². The van der Waals surface area contributed by atoms with Crippen molar-refractivity contribution < 1.29 is 14.6 Å². The van der Waals surface area contributed by atoms with Crippen molar-refractivity contribution in [1.29, 1.82) is 0 Å². The van der Waals surface area contributed by atoms with E-state index in [1.165, 1.54) is 6.07 Å². The van der Waals surface area contributed by atoms with Gasteiger partial charge in [0.05, 0.1) is 16.9 Å². The second kappa shape index (κ2) is 7.55. The monoisotopic (exact) mass is 252 g/mol. The minimum atomic E-state index is -0.946. The number of carboxylic acid groups (broad SMARTS) is 1. The summed E-state index contributed by atoms with van der Waals surface area (Å²) in [6.45, 7) is 1.55. The molecule has 0 amide bonds. The summed E-state index contributed by atoms with van der Waals surface area (Å²) in [4.78, 5) is 10.8. The average Bonchev–Trinajstić information content (AvgIpc) is 2.35. The summed E-state index contributed by atoms with van der Waals surface area (Å²) in [6, 6.07) is 4.67. The van der Waals surface area contributed by atoms with Gasteiger partial charge in [-0.15, -0.1) is 0 Å². The van der Waals surface area contributed by atoms with Crippen LogP contribution < -0.4 is 11.1 Å². The van der Waals surface area contributed by atoms with Crippen LogP contribution in [0.5, 0.6) is 0 Å². The van der Waals surface area contributed by atoms with Gasteiger partial charge >= 0.3 is 5.97 Å².